The fourth-order valence-corrected chi connectivity index (χ4v) is 1.19. The molecule has 0 aromatic rings. The van der Waals surface area contributed by atoms with Crippen LogP contribution in [-0.2, 0) is 9.47 Å². The van der Waals surface area contributed by atoms with Crippen molar-refractivity contribution in [3.63, 3.8) is 0 Å². The van der Waals surface area contributed by atoms with E-state index >= 15 is 0 Å². The predicted molar refractivity (Wildman–Crippen MR) is 35.6 cm³/mol. The number of alkyl halides is 3. The summed E-state index contributed by atoms with van der Waals surface area (Å²) in [5.41, 5.74) is 0. The van der Waals surface area contributed by atoms with E-state index in [-0.39, 0.29) is 12.2 Å². The van der Waals surface area contributed by atoms with Gasteiger partial charge >= 0.3 is 6.18 Å². The van der Waals surface area contributed by atoms with Crippen molar-refractivity contribution >= 4 is 0 Å². The van der Waals surface area contributed by atoms with E-state index in [0.717, 1.165) is 0 Å². The van der Waals surface area contributed by atoms with Crippen LogP contribution in [0.15, 0.2) is 0 Å². The second-order valence-corrected chi connectivity index (χ2v) is 3.00. The van der Waals surface area contributed by atoms with Crippen LogP contribution >= 0.6 is 0 Å². The lowest BCUT2D eigenvalue weighted by Gasteiger charge is -2.33. The van der Waals surface area contributed by atoms with Gasteiger partial charge in [-0.3, -0.25) is 0 Å². The highest BCUT2D eigenvalue weighted by atomic mass is 19.4. The van der Waals surface area contributed by atoms with E-state index in [1.807, 2.05) is 0 Å². The number of hydrogen-bond acceptors (Lipinski definition) is 2. The Hall–Kier alpha value is -0.290. The summed E-state index contributed by atoms with van der Waals surface area (Å²) in [6.45, 7) is 3.22. The molecule has 0 aromatic carbocycles. The highest BCUT2D eigenvalue weighted by Gasteiger charge is 2.46. The molecular weight excluding hydrogens is 173 g/mol. The molecule has 2 nitrogen and oxygen atoms in total. The Morgan fingerprint density at radius 1 is 1.08 bits per heavy atom. The van der Waals surface area contributed by atoms with Crippen LogP contribution in [0.5, 0.6) is 0 Å². The zero-order valence-corrected chi connectivity index (χ0v) is 6.89. The Balaban J connectivity index is 2.55. The van der Waals surface area contributed by atoms with Gasteiger partial charge in [0.2, 0.25) is 0 Å². The van der Waals surface area contributed by atoms with E-state index in [1.54, 1.807) is 13.8 Å². The van der Waals surface area contributed by atoms with Crippen LogP contribution in [0.25, 0.3) is 0 Å². The topological polar surface area (TPSA) is 18.5 Å². The smallest absolute Gasteiger partial charge is 0.342 e. The third-order valence-corrected chi connectivity index (χ3v) is 1.64. The molecule has 1 saturated heterocycles. The minimum absolute atomic E-state index is 0.389. The van der Waals surface area contributed by atoms with Crippen molar-refractivity contribution in [2.45, 2.75) is 44.9 Å². The van der Waals surface area contributed by atoms with Crippen molar-refractivity contribution in [3.8, 4) is 0 Å². The van der Waals surface area contributed by atoms with Crippen molar-refractivity contribution in [1.29, 1.82) is 0 Å². The minimum atomic E-state index is -4.41. The molecule has 1 fully saturated rings. The van der Waals surface area contributed by atoms with E-state index in [0.29, 0.717) is 6.42 Å². The molecule has 0 aromatic heterocycles. The molecule has 1 aliphatic heterocycles. The van der Waals surface area contributed by atoms with Gasteiger partial charge in [0.05, 0.1) is 12.2 Å². The van der Waals surface area contributed by atoms with Gasteiger partial charge in [-0.05, 0) is 20.3 Å². The molecule has 0 aliphatic carbocycles. The molecular formula is C7H11F3O2. The number of halogens is 3. The van der Waals surface area contributed by atoms with Crippen molar-refractivity contribution < 1.29 is 22.6 Å². The Labute approximate surface area is 68.6 Å². The largest absolute Gasteiger partial charge is 0.440 e. The first kappa shape index (κ1) is 9.80. The van der Waals surface area contributed by atoms with Gasteiger partial charge in [-0.1, -0.05) is 0 Å². The highest BCUT2D eigenvalue weighted by Crippen LogP contribution is 2.30. The second-order valence-electron chi connectivity index (χ2n) is 3.00. The highest BCUT2D eigenvalue weighted by molar-refractivity contribution is 4.69. The number of hydrogen-bond donors (Lipinski definition) is 0. The van der Waals surface area contributed by atoms with E-state index in [4.69, 9.17) is 0 Å². The Kier molecular flexibility index (Phi) is 2.63. The summed E-state index contributed by atoms with van der Waals surface area (Å²) < 4.78 is 45.3. The quantitative estimate of drug-likeness (QED) is 0.573. The summed E-state index contributed by atoms with van der Waals surface area (Å²) in [5.74, 6) is 0. The average Bonchev–Trinajstić information content (AvgIpc) is 1.82. The summed E-state index contributed by atoms with van der Waals surface area (Å²) in [6.07, 6.45) is -6.73. The maximum Gasteiger partial charge on any atom is 0.440 e. The number of rotatable bonds is 0. The first-order valence-corrected chi connectivity index (χ1v) is 3.77. The molecule has 0 radical (unpaired) electrons. The molecule has 1 heterocycles. The van der Waals surface area contributed by atoms with Gasteiger partial charge in [-0.15, -0.1) is 0 Å². The van der Waals surface area contributed by atoms with Crippen molar-refractivity contribution in [1.82, 2.24) is 0 Å². The lowest BCUT2D eigenvalue weighted by molar-refractivity contribution is -0.352. The van der Waals surface area contributed by atoms with Gasteiger partial charge in [0.15, 0.2) is 0 Å². The summed E-state index contributed by atoms with van der Waals surface area (Å²) >= 11 is 0. The SMILES string of the molecule is CC1CC(C)OC(C(F)(F)F)O1. The molecule has 72 valence electrons. The maximum absolute atomic E-state index is 12.0. The molecule has 5 heteroatoms. The molecule has 0 saturated carbocycles. The first-order valence-electron chi connectivity index (χ1n) is 3.77. The second kappa shape index (κ2) is 3.22. The van der Waals surface area contributed by atoms with Gasteiger partial charge in [0.1, 0.15) is 0 Å². The van der Waals surface area contributed by atoms with Crippen LogP contribution in [0.1, 0.15) is 20.3 Å². The first-order chi connectivity index (χ1) is 5.39. The van der Waals surface area contributed by atoms with E-state index in [1.165, 1.54) is 0 Å². The molecule has 0 N–H and O–H groups in total. The molecule has 1 aliphatic rings. The summed E-state index contributed by atoms with van der Waals surface area (Å²) in [5, 5.41) is 0. The zero-order chi connectivity index (χ0) is 9.35. The van der Waals surface area contributed by atoms with Crippen molar-refractivity contribution in [2.75, 3.05) is 0 Å². The molecule has 2 atom stereocenters. The molecule has 0 spiro atoms. The summed E-state index contributed by atoms with van der Waals surface area (Å²) in [7, 11) is 0. The van der Waals surface area contributed by atoms with Gasteiger partial charge in [0.25, 0.3) is 6.29 Å². The minimum Gasteiger partial charge on any atom is -0.342 e. The maximum atomic E-state index is 12.0. The Bertz CT molecular complexity index is 147. The van der Waals surface area contributed by atoms with Gasteiger partial charge < -0.3 is 9.47 Å². The van der Waals surface area contributed by atoms with E-state index < -0.39 is 12.5 Å². The van der Waals surface area contributed by atoms with Crippen LogP contribution in [0.2, 0.25) is 0 Å². The average molecular weight is 184 g/mol. The fraction of sp³-hybridized carbons (Fsp3) is 1.00. The summed E-state index contributed by atoms with van der Waals surface area (Å²) in [6, 6.07) is 0. The third kappa shape index (κ3) is 2.35. The van der Waals surface area contributed by atoms with Crippen LogP contribution < -0.4 is 0 Å². The van der Waals surface area contributed by atoms with E-state index in [2.05, 4.69) is 9.47 Å². The Morgan fingerprint density at radius 2 is 1.50 bits per heavy atom. The molecule has 0 amide bonds. The third-order valence-electron chi connectivity index (χ3n) is 1.64. The lowest BCUT2D eigenvalue weighted by atomic mass is 10.2. The Morgan fingerprint density at radius 3 is 1.83 bits per heavy atom. The molecule has 12 heavy (non-hydrogen) atoms. The predicted octanol–water partition coefficient (Wildman–Crippen LogP) is 2.09. The van der Waals surface area contributed by atoms with Gasteiger partial charge in [0, 0.05) is 0 Å². The lowest BCUT2D eigenvalue weighted by Crippen LogP contribution is -2.44. The molecule has 2 unspecified atom stereocenters. The molecule has 1 rings (SSSR count). The van der Waals surface area contributed by atoms with E-state index in [9.17, 15) is 13.2 Å². The van der Waals surface area contributed by atoms with Crippen LogP contribution in [0, 0.1) is 0 Å². The standard InChI is InChI=1S/C7H11F3O2/c1-4-3-5(2)12-6(11-4)7(8,9)10/h4-6H,3H2,1-2H3. The van der Waals surface area contributed by atoms with Crippen LogP contribution in [0.4, 0.5) is 13.2 Å². The monoisotopic (exact) mass is 184 g/mol. The van der Waals surface area contributed by atoms with Crippen molar-refractivity contribution in [2.24, 2.45) is 0 Å². The fourth-order valence-electron chi connectivity index (χ4n) is 1.19. The zero-order valence-electron chi connectivity index (χ0n) is 6.89. The van der Waals surface area contributed by atoms with Gasteiger partial charge in [-0.2, -0.15) is 13.2 Å². The number of ether oxygens (including phenoxy) is 2. The van der Waals surface area contributed by atoms with Gasteiger partial charge in [-0.25, -0.2) is 0 Å². The van der Waals surface area contributed by atoms with Crippen molar-refractivity contribution in [3.05, 3.63) is 0 Å². The summed E-state index contributed by atoms with van der Waals surface area (Å²) in [4.78, 5) is 0. The van der Waals surface area contributed by atoms with Crippen LogP contribution in [-0.4, -0.2) is 24.7 Å². The van der Waals surface area contributed by atoms with Crippen LogP contribution in [0.3, 0.4) is 0 Å². The normalized spacial score (nSPS) is 38.2. The molecule has 0 bridgehead atoms.